The Labute approximate surface area is 93.2 Å². The largest absolute Gasteiger partial charge is 0.478 e. The number of carboxylic acids is 1. The molecule has 1 heterocycles. The van der Waals surface area contributed by atoms with Crippen LogP contribution in [0.2, 0.25) is 0 Å². The van der Waals surface area contributed by atoms with Gasteiger partial charge < -0.3 is 9.67 Å². The molecule has 0 fully saturated rings. The summed E-state index contributed by atoms with van der Waals surface area (Å²) in [4.78, 5) is 14.9. The second-order valence-corrected chi connectivity index (χ2v) is 3.45. The van der Waals surface area contributed by atoms with Crippen LogP contribution < -0.4 is 0 Å². The Morgan fingerprint density at radius 3 is 3.00 bits per heavy atom. The van der Waals surface area contributed by atoms with Crippen molar-refractivity contribution in [1.82, 2.24) is 9.55 Å². The van der Waals surface area contributed by atoms with Gasteiger partial charge in [0.1, 0.15) is 0 Å². The van der Waals surface area contributed by atoms with Crippen molar-refractivity contribution < 1.29 is 9.90 Å². The van der Waals surface area contributed by atoms with Crippen molar-refractivity contribution in [2.75, 3.05) is 0 Å². The van der Waals surface area contributed by atoms with E-state index in [9.17, 15) is 4.79 Å². The Bertz CT molecular complexity index is 517. The lowest BCUT2D eigenvalue weighted by atomic mass is 10.1. The number of carbonyl (C=O) groups is 1. The molecule has 0 spiro atoms. The molecular formula is C12H12N2O2. The van der Waals surface area contributed by atoms with Crippen LogP contribution in [0.5, 0.6) is 0 Å². The smallest absolute Gasteiger partial charge is 0.335 e. The molecule has 1 N–H and O–H groups in total. The van der Waals surface area contributed by atoms with Gasteiger partial charge in [0.25, 0.3) is 0 Å². The van der Waals surface area contributed by atoms with Gasteiger partial charge in [-0.15, -0.1) is 0 Å². The SMILES string of the molecule is CCn1cncc1-c1cccc(C(=O)O)c1. The zero-order valence-electron chi connectivity index (χ0n) is 8.92. The average Bonchev–Trinajstić information content (AvgIpc) is 2.77. The van der Waals surface area contributed by atoms with Gasteiger partial charge in [-0.3, -0.25) is 0 Å². The number of nitrogens with zero attached hydrogens (tertiary/aromatic N) is 2. The van der Waals surface area contributed by atoms with Gasteiger partial charge in [-0.25, -0.2) is 9.78 Å². The topological polar surface area (TPSA) is 55.1 Å². The Kier molecular flexibility index (Phi) is 2.72. The van der Waals surface area contributed by atoms with E-state index in [1.165, 1.54) is 0 Å². The molecule has 2 aromatic rings. The second kappa shape index (κ2) is 4.18. The van der Waals surface area contributed by atoms with E-state index in [0.29, 0.717) is 5.56 Å². The highest BCUT2D eigenvalue weighted by molar-refractivity contribution is 5.89. The molecule has 82 valence electrons. The molecule has 0 atom stereocenters. The first kappa shape index (κ1) is 10.4. The maximum atomic E-state index is 10.9. The van der Waals surface area contributed by atoms with E-state index in [1.807, 2.05) is 17.6 Å². The number of rotatable bonds is 3. The number of hydrogen-bond acceptors (Lipinski definition) is 2. The lowest BCUT2D eigenvalue weighted by Gasteiger charge is -2.05. The summed E-state index contributed by atoms with van der Waals surface area (Å²) in [5.74, 6) is -0.913. The first-order valence-corrected chi connectivity index (χ1v) is 5.06. The lowest BCUT2D eigenvalue weighted by molar-refractivity contribution is 0.0697. The molecule has 1 aromatic carbocycles. The molecule has 16 heavy (non-hydrogen) atoms. The predicted molar refractivity (Wildman–Crippen MR) is 60.3 cm³/mol. The second-order valence-electron chi connectivity index (χ2n) is 3.45. The molecule has 0 amide bonds. The van der Waals surface area contributed by atoms with E-state index in [-0.39, 0.29) is 0 Å². The number of benzene rings is 1. The van der Waals surface area contributed by atoms with E-state index < -0.39 is 5.97 Å². The van der Waals surface area contributed by atoms with E-state index in [2.05, 4.69) is 4.98 Å². The molecule has 4 heteroatoms. The van der Waals surface area contributed by atoms with Gasteiger partial charge in [0.15, 0.2) is 0 Å². The van der Waals surface area contributed by atoms with Crippen LogP contribution in [-0.2, 0) is 6.54 Å². The summed E-state index contributed by atoms with van der Waals surface area (Å²) in [6.07, 6.45) is 3.48. The average molecular weight is 216 g/mol. The third-order valence-corrected chi connectivity index (χ3v) is 2.46. The molecule has 0 aliphatic carbocycles. The molecule has 0 saturated carbocycles. The number of aromatic nitrogens is 2. The van der Waals surface area contributed by atoms with Crippen molar-refractivity contribution in [3.8, 4) is 11.3 Å². The van der Waals surface area contributed by atoms with E-state index >= 15 is 0 Å². The number of hydrogen-bond donors (Lipinski definition) is 1. The van der Waals surface area contributed by atoms with Crippen molar-refractivity contribution in [3.05, 3.63) is 42.4 Å². The molecule has 0 unspecified atom stereocenters. The minimum absolute atomic E-state index is 0.293. The fourth-order valence-electron chi connectivity index (χ4n) is 1.62. The van der Waals surface area contributed by atoms with Crippen LogP contribution in [0.4, 0.5) is 0 Å². The Hall–Kier alpha value is -2.10. The van der Waals surface area contributed by atoms with Gasteiger partial charge in [0, 0.05) is 12.1 Å². The van der Waals surface area contributed by atoms with E-state index in [1.54, 1.807) is 30.7 Å². The summed E-state index contributed by atoms with van der Waals surface area (Å²) in [6.45, 7) is 2.83. The maximum Gasteiger partial charge on any atom is 0.335 e. The summed E-state index contributed by atoms with van der Waals surface area (Å²) < 4.78 is 1.97. The quantitative estimate of drug-likeness (QED) is 0.856. The molecule has 2 rings (SSSR count). The summed E-state index contributed by atoms with van der Waals surface area (Å²) in [6, 6.07) is 6.87. The van der Waals surface area contributed by atoms with Gasteiger partial charge in [-0.05, 0) is 19.1 Å². The number of carboxylic acid groups (broad SMARTS) is 1. The molecule has 0 radical (unpaired) electrons. The fraction of sp³-hybridized carbons (Fsp3) is 0.167. The molecular weight excluding hydrogens is 204 g/mol. The van der Waals surface area contributed by atoms with Gasteiger partial charge in [0.05, 0.1) is 23.8 Å². The van der Waals surface area contributed by atoms with Crippen LogP contribution in [-0.4, -0.2) is 20.6 Å². The van der Waals surface area contributed by atoms with Gasteiger partial charge >= 0.3 is 5.97 Å². The number of aromatic carboxylic acids is 1. The molecule has 0 aliphatic rings. The number of imidazole rings is 1. The van der Waals surface area contributed by atoms with Crippen LogP contribution >= 0.6 is 0 Å². The highest BCUT2D eigenvalue weighted by Gasteiger charge is 2.07. The van der Waals surface area contributed by atoms with Crippen LogP contribution in [0.25, 0.3) is 11.3 Å². The Morgan fingerprint density at radius 1 is 1.50 bits per heavy atom. The van der Waals surface area contributed by atoms with Crippen molar-refractivity contribution in [3.63, 3.8) is 0 Å². The summed E-state index contributed by atoms with van der Waals surface area (Å²) in [5.41, 5.74) is 2.10. The third-order valence-electron chi connectivity index (χ3n) is 2.46. The minimum atomic E-state index is -0.913. The molecule has 0 aliphatic heterocycles. The standard InChI is InChI=1S/C12H12N2O2/c1-2-14-8-13-7-11(14)9-4-3-5-10(6-9)12(15)16/h3-8H,2H2,1H3,(H,15,16). The lowest BCUT2D eigenvalue weighted by Crippen LogP contribution is -1.98. The molecule has 0 bridgehead atoms. The van der Waals surface area contributed by atoms with E-state index in [4.69, 9.17) is 5.11 Å². The van der Waals surface area contributed by atoms with Crippen molar-refractivity contribution in [1.29, 1.82) is 0 Å². The van der Waals surface area contributed by atoms with Crippen molar-refractivity contribution >= 4 is 5.97 Å². The van der Waals surface area contributed by atoms with Crippen molar-refractivity contribution in [2.45, 2.75) is 13.5 Å². The van der Waals surface area contributed by atoms with Gasteiger partial charge in [-0.2, -0.15) is 0 Å². The van der Waals surface area contributed by atoms with Crippen LogP contribution in [0.3, 0.4) is 0 Å². The fourth-order valence-corrected chi connectivity index (χ4v) is 1.62. The monoisotopic (exact) mass is 216 g/mol. The number of aryl methyl sites for hydroxylation is 1. The first-order valence-electron chi connectivity index (χ1n) is 5.06. The normalized spacial score (nSPS) is 10.3. The molecule has 1 aromatic heterocycles. The molecule has 0 saturated heterocycles. The third kappa shape index (κ3) is 1.82. The zero-order chi connectivity index (χ0) is 11.5. The van der Waals surface area contributed by atoms with Crippen LogP contribution in [0.1, 0.15) is 17.3 Å². The zero-order valence-corrected chi connectivity index (χ0v) is 8.92. The van der Waals surface area contributed by atoms with Crippen LogP contribution in [0.15, 0.2) is 36.8 Å². The minimum Gasteiger partial charge on any atom is -0.478 e. The Balaban J connectivity index is 2.48. The highest BCUT2D eigenvalue weighted by Crippen LogP contribution is 2.20. The van der Waals surface area contributed by atoms with Crippen LogP contribution in [0, 0.1) is 0 Å². The summed E-state index contributed by atoms with van der Waals surface area (Å²) in [5, 5.41) is 8.91. The predicted octanol–water partition coefficient (Wildman–Crippen LogP) is 2.27. The Morgan fingerprint density at radius 2 is 2.31 bits per heavy atom. The van der Waals surface area contributed by atoms with E-state index in [0.717, 1.165) is 17.8 Å². The van der Waals surface area contributed by atoms with Gasteiger partial charge in [-0.1, -0.05) is 12.1 Å². The van der Waals surface area contributed by atoms with Crippen molar-refractivity contribution in [2.24, 2.45) is 0 Å². The van der Waals surface area contributed by atoms with Gasteiger partial charge in [0.2, 0.25) is 0 Å². The summed E-state index contributed by atoms with van der Waals surface area (Å²) >= 11 is 0. The highest BCUT2D eigenvalue weighted by atomic mass is 16.4. The first-order chi connectivity index (χ1) is 7.72. The molecule has 4 nitrogen and oxygen atoms in total. The maximum absolute atomic E-state index is 10.9. The summed E-state index contributed by atoms with van der Waals surface area (Å²) in [7, 11) is 0.